The number of benzene rings is 2. The van der Waals surface area contributed by atoms with Crippen molar-refractivity contribution in [3.8, 4) is 0 Å². The first-order chi connectivity index (χ1) is 12.1. The molecule has 25 heavy (non-hydrogen) atoms. The number of aromatic nitrogens is 1. The molecule has 2 aromatic carbocycles. The minimum atomic E-state index is -0.872. The first kappa shape index (κ1) is 15.2. The summed E-state index contributed by atoms with van der Waals surface area (Å²) in [5, 5.41) is 7.93. The molecule has 5 heteroatoms. The lowest BCUT2D eigenvalue weighted by molar-refractivity contribution is -0.120. The van der Waals surface area contributed by atoms with Crippen molar-refractivity contribution in [2.75, 3.05) is 5.32 Å². The highest BCUT2D eigenvalue weighted by Gasteiger charge is 2.52. The molecule has 3 heterocycles. The summed E-state index contributed by atoms with van der Waals surface area (Å²) in [4.78, 5) is 16.8. The Morgan fingerprint density at radius 3 is 2.92 bits per heavy atom. The average Bonchev–Trinajstić information content (AvgIpc) is 3.04. The molecule has 1 aromatic heterocycles. The van der Waals surface area contributed by atoms with Gasteiger partial charge in [-0.05, 0) is 49.6 Å². The second-order valence-electron chi connectivity index (χ2n) is 7.00. The number of halogens is 1. The van der Waals surface area contributed by atoms with E-state index in [0.717, 1.165) is 39.8 Å². The fourth-order valence-electron chi connectivity index (χ4n) is 4.32. The molecule has 126 valence electrons. The van der Waals surface area contributed by atoms with Gasteiger partial charge in [0.05, 0.1) is 5.69 Å². The molecule has 2 aliphatic rings. The highest BCUT2D eigenvalue weighted by atomic mass is 79.9. The topological polar surface area (TPSA) is 56.9 Å². The normalized spacial score (nSPS) is 24.9. The van der Waals surface area contributed by atoms with Gasteiger partial charge in [0.25, 0.3) is 5.91 Å². The van der Waals surface area contributed by atoms with Gasteiger partial charge in [0.1, 0.15) is 0 Å². The molecular weight excluding hydrogens is 378 g/mol. The van der Waals surface area contributed by atoms with E-state index in [9.17, 15) is 4.79 Å². The number of aryl methyl sites for hydroxylation is 1. The van der Waals surface area contributed by atoms with E-state index < -0.39 is 5.54 Å². The van der Waals surface area contributed by atoms with Gasteiger partial charge in [0.2, 0.25) is 0 Å². The van der Waals surface area contributed by atoms with E-state index in [1.54, 1.807) is 0 Å². The zero-order chi connectivity index (χ0) is 17.2. The van der Waals surface area contributed by atoms with Crippen molar-refractivity contribution in [2.24, 2.45) is 0 Å². The van der Waals surface area contributed by atoms with E-state index in [1.807, 2.05) is 24.3 Å². The summed E-state index contributed by atoms with van der Waals surface area (Å²) < 4.78 is 0.971. The third-order valence-corrected chi connectivity index (χ3v) is 5.95. The van der Waals surface area contributed by atoms with Crippen LogP contribution in [0.4, 0.5) is 5.69 Å². The molecule has 5 rings (SSSR count). The van der Waals surface area contributed by atoms with Crippen LogP contribution in [0.3, 0.4) is 0 Å². The lowest BCUT2D eigenvalue weighted by Crippen LogP contribution is -2.52. The monoisotopic (exact) mass is 395 g/mol. The summed E-state index contributed by atoms with van der Waals surface area (Å²) in [6, 6.07) is 14.5. The number of carbonyl (C=O) groups excluding carboxylic acids is 1. The summed E-state index contributed by atoms with van der Waals surface area (Å²) in [5.74, 6) is -0.0119. The van der Waals surface area contributed by atoms with Crippen molar-refractivity contribution in [2.45, 2.75) is 31.3 Å². The smallest absolute Gasteiger partial charge is 0.255 e. The van der Waals surface area contributed by atoms with Crippen LogP contribution in [0.25, 0.3) is 10.9 Å². The van der Waals surface area contributed by atoms with Gasteiger partial charge in [-0.25, -0.2) is 0 Å². The van der Waals surface area contributed by atoms with Gasteiger partial charge in [-0.1, -0.05) is 34.1 Å². The number of para-hydroxylation sites is 1. The van der Waals surface area contributed by atoms with Gasteiger partial charge in [0, 0.05) is 32.7 Å². The van der Waals surface area contributed by atoms with Crippen molar-refractivity contribution in [3.05, 3.63) is 63.8 Å². The Kier molecular flexibility index (Phi) is 3.15. The van der Waals surface area contributed by atoms with E-state index in [0.29, 0.717) is 0 Å². The second-order valence-corrected chi connectivity index (χ2v) is 7.92. The summed E-state index contributed by atoms with van der Waals surface area (Å²) in [5.41, 5.74) is 4.29. The average molecular weight is 396 g/mol. The molecule has 0 radical (unpaired) electrons. The van der Waals surface area contributed by atoms with E-state index in [-0.39, 0.29) is 11.9 Å². The minimum absolute atomic E-state index is 0.0119. The third kappa shape index (κ3) is 1.99. The molecular formula is C20H18BrN3O. The second kappa shape index (κ2) is 5.19. The predicted molar refractivity (Wildman–Crippen MR) is 103 cm³/mol. The number of fused-ring (bicyclic) bond motifs is 6. The number of amides is 1. The largest absolute Gasteiger partial charge is 0.356 e. The van der Waals surface area contributed by atoms with Crippen molar-refractivity contribution in [1.82, 2.24) is 10.3 Å². The molecule has 0 fully saturated rings. The Bertz CT molecular complexity index is 1020. The fraction of sp³-hybridized carbons (Fsp3) is 0.250. The van der Waals surface area contributed by atoms with E-state index in [4.69, 9.17) is 0 Å². The lowest BCUT2D eigenvalue weighted by atomic mass is 9.85. The van der Waals surface area contributed by atoms with E-state index in [1.165, 1.54) is 10.9 Å². The maximum Gasteiger partial charge on any atom is 0.255 e. The van der Waals surface area contributed by atoms with Crippen molar-refractivity contribution in [1.29, 1.82) is 0 Å². The number of anilines is 1. The zero-order valence-corrected chi connectivity index (χ0v) is 15.4. The van der Waals surface area contributed by atoms with Crippen LogP contribution in [-0.2, 0) is 16.8 Å². The highest BCUT2D eigenvalue weighted by Crippen LogP contribution is 2.46. The van der Waals surface area contributed by atoms with Gasteiger partial charge in [-0.3, -0.25) is 10.1 Å². The van der Waals surface area contributed by atoms with Crippen LogP contribution < -0.4 is 10.6 Å². The van der Waals surface area contributed by atoms with Gasteiger partial charge >= 0.3 is 0 Å². The Hall–Kier alpha value is -2.11. The zero-order valence-electron chi connectivity index (χ0n) is 13.8. The molecule has 3 N–H and O–H groups in total. The first-order valence-corrected chi connectivity index (χ1v) is 9.38. The molecule has 0 saturated heterocycles. The molecule has 2 aliphatic heterocycles. The molecule has 0 aliphatic carbocycles. The number of nitrogens with one attached hydrogen (secondary N) is 3. The number of H-pyrrole nitrogens is 1. The molecule has 4 nitrogen and oxygen atoms in total. The molecule has 1 unspecified atom stereocenters. The Morgan fingerprint density at radius 2 is 2.04 bits per heavy atom. The van der Waals surface area contributed by atoms with Crippen molar-refractivity contribution < 1.29 is 4.79 Å². The quantitative estimate of drug-likeness (QED) is 0.537. The van der Waals surface area contributed by atoms with Crippen LogP contribution in [0.2, 0.25) is 0 Å². The number of aromatic amines is 1. The van der Waals surface area contributed by atoms with Crippen LogP contribution in [0.1, 0.15) is 30.2 Å². The van der Waals surface area contributed by atoms with Crippen LogP contribution >= 0.6 is 15.9 Å². The van der Waals surface area contributed by atoms with Crippen molar-refractivity contribution >= 4 is 38.4 Å². The van der Waals surface area contributed by atoms with Crippen LogP contribution in [0.15, 0.2) is 46.9 Å². The summed E-state index contributed by atoms with van der Waals surface area (Å²) in [6.07, 6.45) is 1.94. The van der Waals surface area contributed by atoms with Gasteiger partial charge in [0.15, 0.2) is 5.54 Å². The minimum Gasteiger partial charge on any atom is -0.356 e. The number of carbonyl (C=O) groups is 1. The van der Waals surface area contributed by atoms with E-state index in [2.05, 4.69) is 56.7 Å². The third-order valence-electron chi connectivity index (χ3n) is 5.45. The van der Waals surface area contributed by atoms with Crippen LogP contribution in [-0.4, -0.2) is 16.9 Å². The summed E-state index contributed by atoms with van der Waals surface area (Å²) in [7, 11) is 0. The van der Waals surface area contributed by atoms with Gasteiger partial charge in [-0.2, -0.15) is 0 Å². The molecule has 1 spiro atoms. The summed E-state index contributed by atoms with van der Waals surface area (Å²) in [6.45, 7) is 2.15. The van der Waals surface area contributed by atoms with Gasteiger partial charge < -0.3 is 10.3 Å². The number of hydrogen-bond donors (Lipinski definition) is 3. The van der Waals surface area contributed by atoms with Crippen molar-refractivity contribution in [3.63, 3.8) is 0 Å². The molecule has 0 saturated carbocycles. The molecule has 0 bridgehead atoms. The highest BCUT2D eigenvalue weighted by molar-refractivity contribution is 9.10. The molecule has 3 aromatic rings. The Balaban J connectivity index is 1.88. The lowest BCUT2D eigenvalue weighted by Gasteiger charge is -2.30. The van der Waals surface area contributed by atoms with E-state index >= 15 is 0 Å². The standard InChI is InChI=1S/C20H18BrN3O/c1-11-6-8-14-13-4-2-3-5-16(13)22-18(14)20(24-11)15-10-12(21)7-9-17(15)23-19(20)25/h2-5,7,9-11,22,24H,6,8H2,1H3,(H,23,25)/t11?,20-/m0/s1. The van der Waals surface area contributed by atoms with Gasteiger partial charge in [-0.15, -0.1) is 0 Å². The Morgan fingerprint density at radius 1 is 1.20 bits per heavy atom. The SMILES string of the molecule is CC1CCc2c([nH]c3ccccc23)[C@]2(N1)C(=O)Nc1ccc(Br)cc12. The Labute approximate surface area is 154 Å². The number of hydrogen-bond acceptors (Lipinski definition) is 2. The maximum absolute atomic E-state index is 13.2. The van der Waals surface area contributed by atoms with Crippen LogP contribution in [0, 0.1) is 0 Å². The predicted octanol–water partition coefficient (Wildman–Crippen LogP) is 4.05. The number of rotatable bonds is 0. The summed E-state index contributed by atoms with van der Waals surface area (Å²) >= 11 is 3.57. The maximum atomic E-state index is 13.2. The molecule has 2 atom stereocenters. The fourth-order valence-corrected chi connectivity index (χ4v) is 4.68. The first-order valence-electron chi connectivity index (χ1n) is 8.59. The van der Waals surface area contributed by atoms with Crippen LogP contribution in [0.5, 0.6) is 0 Å². The molecule has 1 amide bonds.